The fraction of sp³-hybridized carbons (Fsp3) is 0.533. The van der Waals surface area contributed by atoms with E-state index in [1.807, 2.05) is 6.07 Å². The lowest BCUT2D eigenvalue weighted by molar-refractivity contribution is 0.324. The zero-order chi connectivity index (χ0) is 14.0. The number of fused-ring (bicyclic) bond motifs is 1. The van der Waals surface area contributed by atoms with Crippen LogP contribution in [0, 0.1) is 5.82 Å². The number of benzene rings is 1. The van der Waals surface area contributed by atoms with Crippen molar-refractivity contribution in [2.24, 2.45) is 0 Å². The molecular weight excluding hydrogens is 263 g/mol. The van der Waals surface area contributed by atoms with Crippen molar-refractivity contribution < 1.29 is 4.39 Å². The molecule has 0 bridgehead atoms. The minimum Gasteiger partial charge on any atom is -0.322 e. The van der Waals surface area contributed by atoms with Crippen molar-refractivity contribution in [3.05, 3.63) is 29.8 Å². The number of rotatable bonds is 5. The van der Waals surface area contributed by atoms with E-state index in [2.05, 4.69) is 30.3 Å². The minimum atomic E-state index is -0.264. The summed E-state index contributed by atoms with van der Waals surface area (Å²) < 4.78 is 16.0. The first kappa shape index (κ1) is 14.3. The Hall–Kier alpha value is -1.09. The SMILES string of the molecule is CCCC(C)(C)n1c(CCCl)nc2c(F)cccc21. The summed E-state index contributed by atoms with van der Waals surface area (Å²) in [7, 11) is 0. The van der Waals surface area contributed by atoms with Gasteiger partial charge in [0, 0.05) is 17.8 Å². The Labute approximate surface area is 118 Å². The van der Waals surface area contributed by atoms with E-state index in [1.54, 1.807) is 6.07 Å². The number of hydrogen-bond acceptors (Lipinski definition) is 1. The number of aromatic nitrogens is 2. The van der Waals surface area contributed by atoms with Crippen LogP contribution in [0.4, 0.5) is 4.39 Å². The number of nitrogens with zero attached hydrogens (tertiary/aromatic N) is 2. The zero-order valence-corrected chi connectivity index (χ0v) is 12.5. The van der Waals surface area contributed by atoms with Crippen molar-refractivity contribution >= 4 is 22.6 Å². The smallest absolute Gasteiger partial charge is 0.151 e. The molecule has 0 atom stereocenters. The molecule has 4 heteroatoms. The Kier molecular flexibility index (Phi) is 4.14. The molecule has 19 heavy (non-hydrogen) atoms. The standard InChI is InChI=1S/C15H20ClFN2/c1-4-9-15(2,3)19-12-7-5-6-11(17)14(12)18-13(19)8-10-16/h5-7H,4,8-10H2,1-3H3. The maximum absolute atomic E-state index is 13.9. The highest BCUT2D eigenvalue weighted by Crippen LogP contribution is 2.30. The van der Waals surface area contributed by atoms with Crippen molar-refractivity contribution in [3.63, 3.8) is 0 Å². The summed E-state index contributed by atoms with van der Waals surface area (Å²) in [5, 5.41) is 0. The summed E-state index contributed by atoms with van der Waals surface area (Å²) in [6, 6.07) is 5.12. The highest BCUT2D eigenvalue weighted by atomic mass is 35.5. The Bertz CT molecular complexity index is 575. The van der Waals surface area contributed by atoms with E-state index in [0.717, 1.165) is 24.2 Å². The quantitative estimate of drug-likeness (QED) is 0.739. The van der Waals surface area contributed by atoms with Crippen molar-refractivity contribution in [2.75, 3.05) is 5.88 Å². The molecule has 0 radical (unpaired) electrons. The number of aryl methyl sites for hydroxylation is 1. The summed E-state index contributed by atoms with van der Waals surface area (Å²) in [6.07, 6.45) is 2.75. The van der Waals surface area contributed by atoms with Gasteiger partial charge in [-0.2, -0.15) is 0 Å². The van der Waals surface area contributed by atoms with Crippen LogP contribution in [0.15, 0.2) is 18.2 Å². The molecule has 0 unspecified atom stereocenters. The maximum Gasteiger partial charge on any atom is 0.151 e. The fourth-order valence-corrected chi connectivity index (χ4v) is 2.93. The average molecular weight is 283 g/mol. The molecule has 1 heterocycles. The van der Waals surface area contributed by atoms with Crippen LogP contribution < -0.4 is 0 Å². The van der Waals surface area contributed by atoms with Gasteiger partial charge in [-0.25, -0.2) is 9.37 Å². The molecule has 0 aliphatic heterocycles. The molecule has 0 saturated heterocycles. The maximum atomic E-state index is 13.9. The van der Waals surface area contributed by atoms with Gasteiger partial charge in [0.2, 0.25) is 0 Å². The van der Waals surface area contributed by atoms with Crippen molar-refractivity contribution in [3.8, 4) is 0 Å². The van der Waals surface area contributed by atoms with E-state index in [1.165, 1.54) is 6.07 Å². The van der Waals surface area contributed by atoms with Crippen molar-refractivity contribution in [2.45, 2.75) is 45.6 Å². The number of imidazole rings is 1. The van der Waals surface area contributed by atoms with Crippen LogP contribution in [0.25, 0.3) is 11.0 Å². The number of hydrogen-bond donors (Lipinski definition) is 0. The van der Waals surface area contributed by atoms with Gasteiger partial charge in [-0.3, -0.25) is 0 Å². The molecule has 104 valence electrons. The molecule has 2 aromatic rings. The zero-order valence-electron chi connectivity index (χ0n) is 11.7. The lowest BCUT2D eigenvalue weighted by Gasteiger charge is -2.29. The first-order chi connectivity index (χ1) is 9.01. The summed E-state index contributed by atoms with van der Waals surface area (Å²) in [6.45, 7) is 6.49. The Morgan fingerprint density at radius 3 is 2.74 bits per heavy atom. The third-order valence-corrected chi connectivity index (χ3v) is 3.68. The van der Waals surface area contributed by atoms with Gasteiger partial charge in [-0.05, 0) is 32.4 Å². The molecule has 1 aromatic carbocycles. The summed E-state index contributed by atoms with van der Waals surface area (Å²) >= 11 is 5.86. The Morgan fingerprint density at radius 2 is 2.11 bits per heavy atom. The first-order valence-electron chi connectivity index (χ1n) is 6.73. The molecular formula is C15H20ClFN2. The molecule has 0 amide bonds. The van der Waals surface area contributed by atoms with Gasteiger partial charge in [0.15, 0.2) is 5.82 Å². The van der Waals surface area contributed by atoms with Crippen LogP contribution in [-0.4, -0.2) is 15.4 Å². The molecule has 0 N–H and O–H groups in total. The topological polar surface area (TPSA) is 17.8 Å². The lowest BCUT2D eigenvalue weighted by atomic mass is 9.98. The fourth-order valence-electron chi connectivity index (χ4n) is 2.76. The van der Waals surface area contributed by atoms with Crippen LogP contribution in [0.3, 0.4) is 0 Å². The van der Waals surface area contributed by atoms with E-state index < -0.39 is 0 Å². The third kappa shape index (κ3) is 2.62. The summed E-state index contributed by atoms with van der Waals surface area (Å²) in [5.41, 5.74) is 1.23. The normalized spacial score (nSPS) is 12.3. The molecule has 2 rings (SSSR count). The Balaban J connectivity index is 2.68. The summed E-state index contributed by atoms with van der Waals surface area (Å²) in [5.74, 6) is 1.10. The first-order valence-corrected chi connectivity index (χ1v) is 7.27. The van der Waals surface area contributed by atoms with Gasteiger partial charge < -0.3 is 4.57 Å². The average Bonchev–Trinajstić information content (AvgIpc) is 2.70. The second-order valence-corrected chi connectivity index (χ2v) is 5.85. The molecule has 0 saturated carbocycles. The molecule has 1 aromatic heterocycles. The van der Waals surface area contributed by atoms with Gasteiger partial charge in [-0.1, -0.05) is 19.4 Å². The van der Waals surface area contributed by atoms with E-state index in [-0.39, 0.29) is 11.4 Å². The van der Waals surface area contributed by atoms with Gasteiger partial charge in [0.25, 0.3) is 0 Å². The monoisotopic (exact) mass is 282 g/mol. The molecule has 0 fully saturated rings. The highest BCUT2D eigenvalue weighted by Gasteiger charge is 2.25. The molecule has 0 spiro atoms. The predicted octanol–water partition coefficient (Wildman–Crippen LogP) is 4.49. The van der Waals surface area contributed by atoms with Crippen LogP contribution in [0.5, 0.6) is 0 Å². The lowest BCUT2D eigenvalue weighted by Crippen LogP contribution is -2.28. The predicted molar refractivity (Wildman–Crippen MR) is 78.3 cm³/mol. The van der Waals surface area contributed by atoms with Gasteiger partial charge in [-0.15, -0.1) is 11.6 Å². The highest BCUT2D eigenvalue weighted by molar-refractivity contribution is 6.17. The second kappa shape index (κ2) is 5.49. The second-order valence-electron chi connectivity index (χ2n) is 5.47. The molecule has 0 aliphatic carbocycles. The van der Waals surface area contributed by atoms with E-state index in [0.29, 0.717) is 17.8 Å². The minimum absolute atomic E-state index is 0.0846. The van der Waals surface area contributed by atoms with Crippen LogP contribution >= 0.6 is 11.6 Å². The van der Waals surface area contributed by atoms with Gasteiger partial charge >= 0.3 is 0 Å². The van der Waals surface area contributed by atoms with E-state index in [9.17, 15) is 4.39 Å². The molecule has 2 nitrogen and oxygen atoms in total. The van der Waals surface area contributed by atoms with Crippen LogP contribution in [-0.2, 0) is 12.0 Å². The number of alkyl halides is 1. The van der Waals surface area contributed by atoms with Crippen LogP contribution in [0.1, 0.15) is 39.4 Å². The largest absolute Gasteiger partial charge is 0.322 e. The van der Waals surface area contributed by atoms with E-state index in [4.69, 9.17) is 11.6 Å². The number of para-hydroxylation sites is 1. The third-order valence-electron chi connectivity index (χ3n) is 3.49. The Morgan fingerprint density at radius 1 is 1.37 bits per heavy atom. The number of halogens is 2. The molecule has 0 aliphatic rings. The van der Waals surface area contributed by atoms with Crippen molar-refractivity contribution in [1.82, 2.24) is 9.55 Å². The van der Waals surface area contributed by atoms with Crippen LogP contribution in [0.2, 0.25) is 0 Å². The van der Waals surface area contributed by atoms with Crippen molar-refractivity contribution in [1.29, 1.82) is 0 Å². The summed E-state index contributed by atoms with van der Waals surface area (Å²) in [4.78, 5) is 4.45. The van der Waals surface area contributed by atoms with E-state index >= 15 is 0 Å². The van der Waals surface area contributed by atoms with Gasteiger partial charge in [0.05, 0.1) is 5.52 Å². The van der Waals surface area contributed by atoms with Gasteiger partial charge in [0.1, 0.15) is 11.3 Å².